The van der Waals surface area contributed by atoms with Crippen molar-refractivity contribution in [2.45, 2.75) is 18.2 Å². The molecule has 2 rings (SSSR count). The molecule has 2 aromatic rings. The van der Waals surface area contributed by atoms with Crippen molar-refractivity contribution < 1.29 is 18.0 Å². The molecule has 2 N–H and O–H groups in total. The topological polar surface area (TPSA) is 92.3 Å². The van der Waals surface area contributed by atoms with Crippen molar-refractivity contribution in [2.24, 2.45) is 0 Å². The van der Waals surface area contributed by atoms with E-state index >= 15 is 0 Å². The molecule has 0 aliphatic rings. The molecule has 0 heterocycles. The highest BCUT2D eigenvalue weighted by molar-refractivity contribution is 7.92. The fourth-order valence-corrected chi connectivity index (χ4v) is 2.95. The van der Waals surface area contributed by atoms with E-state index in [0.717, 1.165) is 0 Å². The van der Waals surface area contributed by atoms with Crippen LogP contribution in [0.25, 0.3) is 0 Å². The molecule has 0 spiro atoms. The maximum Gasteiger partial charge on any atom is 0.261 e. The van der Waals surface area contributed by atoms with Crippen molar-refractivity contribution in [3.05, 3.63) is 54.6 Å². The number of carbonyl (C=O) groups is 2. The smallest absolute Gasteiger partial charge is 0.261 e. The van der Waals surface area contributed by atoms with Crippen molar-refractivity contribution in [1.82, 2.24) is 0 Å². The fraction of sp³-hybridized carbons (Fsp3) is 0.125. The highest BCUT2D eigenvalue weighted by Crippen LogP contribution is 2.18. The Morgan fingerprint density at radius 1 is 0.913 bits per heavy atom. The van der Waals surface area contributed by atoms with Gasteiger partial charge in [-0.3, -0.25) is 14.3 Å². The van der Waals surface area contributed by atoms with Crippen molar-refractivity contribution >= 4 is 33.1 Å². The summed E-state index contributed by atoms with van der Waals surface area (Å²) in [6.07, 6.45) is -0.192. The van der Waals surface area contributed by atoms with Gasteiger partial charge < -0.3 is 5.32 Å². The van der Waals surface area contributed by atoms with E-state index in [1.807, 2.05) is 0 Å². The van der Waals surface area contributed by atoms with Gasteiger partial charge in [-0.1, -0.05) is 18.2 Å². The van der Waals surface area contributed by atoms with E-state index in [-0.39, 0.29) is 17.1 Å². The number of hydrogen-bond donors (Lipinski definition) is 2. The van der Waals surface area contributed by atoms with Crippen LogP contribution >= 0.6 is 0 Å². The first-order valence-electron chi connectivity index (χ1n) is 6.84. The number of sulfonamides is 1. The number of hydrogen-bond acceptors (Lipinski definition) is 4. The lowest BCUT2D eigenvalue weighted by molar-refractivity contribution is -0.124. The SMILES string of the molecule is CC(=O)CC(=O)Nc1ccc(NS(=O)(=O)c2ccccc2)cc1. The van der Waals surface area contributed by atoms with Crippen LogP contribution in [0.15, 0.2) is 59.5 Å². The molecule has 6 nitrogen and oxygen atoms in total. The third kappa shape index (κ3) is 4.93. The zero-order chi connectivity index (χ0) is 16.9. The summed E-state index contributed by atoms with van der Waals surface area (Å²) in [6, 6.07) is 14.2. The first-order valence-corrected chi connectivity index (χ1v) is 8.32. The van der Waals surface area contributed by atoms with Gasteiger partial charge in [-0.25, -0.2) is 8.42 Å². The fourth-order valence-electron chi connectivity index (χ4n) is 1.87. The van der Waals surface area contributed by atoms with Crippen LogP contribution in [0.2, 0.25) is 0 Å². The lowest BCUT2D eigenvalue weighted by atomic mass is 10.2. The molecule has 0 atom stereocenters. The summed E-state index contributed by atoms with van der Waals surface area (Å²) < 4.78 is 26.8. The van der Waals surface area contributed by atoms with E-state index in [2.05, 4.69) is 10.0 Å². The van der Waals surface area contributed by atoms with Gasteiger partial charge in [0.2, 0.25) is 5.91 Å². The molecule has 0 aromatic heterocycles. The number of carbonyl (C=O) groups excluding carboxylic acids is 2. The molecule has 0 aliphatic heterocycles. The van der Waals surface area contributed by atoms with Gasteiger partial charge in [0.25, 0.3) is 10.0 Å². The highest BCUT2D eigenvalue weighted by atomic mass is 32.2. The third-order valence-electron chi connectivity index (χ3n) is 2.88. The molecule has 0 aliphatic carbocycles. The number of anilines is 2. The van der Waals surface area contributed by atoms with Gasteiger partial charge in [-0.2, -0.15) is 0 Å². The Morgan fingerprint density at radius 2 is 1.48 bits per heavy atom. The lowest BCUT2D eigenvalue weighted by Gasteiger charge is -2.09. The van der Waals surface area contributed by atoms with Crippen LogP contribution in [-0.2, 0) is 19.6 Å². The zero-order valence-electron chi connectivity index (χ0n) is 12.4. The van der Waals surface area contributed by atoms with E-state index in [4.69, 9.17) is 0 Å². The monoisotopic (exact) mass is 332 g/mol. The second-order valence-corrected chi connectivity index (χ2v) is 6.61. The van der Waals surface area contributed by atoms with Crippen LogP contribution in [0.1, 0.15) is 13.3 Å². The predicted octanol–water partition coefficient (Wildman–Crippen LogP) is 2.41. The van der Waals surface area contributed by atoms with Gasteiger partial charge in [0.05, 0.1) is 11.3 Å². The van der Waals surface area contributed by atoms with Crippen LogP contribution in [0, 0.1) is 0 Å². The van der Waals surface area contributed by atoms with Gasteiger partial charge in [0, 0.05) is 11.4 Å². The van der Waals surface area contributed by atoms with Crippen LogP contribution < -0.4 is 10.0 Å². The Labute approximate surface area is 134 Å². The van der Waals surface area contributed by atoms with Gasteiger partial charge in [0.1, 0.15) is 5.78 Å². The normalized spacial score (nSPS) is 10.8. The van der Waals surface area contributed by atoms with Gasteiger partial charge >= 0.3 is 0 Å². The third-order valence-corrected chi connectivity index (χ3v) is 4.28. The molecule has 120 valence electrons. The second kappa shape index (κ2) is 7.06. The van der Waals surface area contributed by atoms with Gasteiger partial charge in [-0.15, -0.1) is 0 Å². The summed E-state index contributed by atoms with van der Waals surface area (Å²) in [7, 11) is -3.65. The average molecular weight is 332 g/mol. The lowest BCUT2D eigenvalue weighted by Crippen LogP contribution is -2.15. The molecule has 0 bridgehead atoms. The molecule has 0 fully saturated rings. The number of amides is 1. The van der Waals surface area contributed by atoms with Crippen LogP contribution in [0.5, 0.6) is 0 Å². The Balaban J connectivity index is 2.06. The summed E-state index contributed by atoms with van der Waals surface area (Å²) in [6.45, 7) is 1.33. The summed E-state index contributed by atoms with van der Waals surface area (Å²) in [4.78, 5) is 22.5. The first kappa shape index (κ1) is 16.7. The zero-order valence-corrected chi connectivity index (χ0v) is 13.3. The van der Waals surface area contributed by atoms with E-state index < -0.39 is 15.9 Å². The van der Waals surface area contributed by atoms with E-state index in [9.17, 15) is 18.0 Å². The quantitative estimate of drug-likeness (QED) is 0.795. The molecule has 0 radical (unpaired) electrons. The van der Waals surface area contributed by atoms with Gasteiger partial charge in [-0.05, 0) is 43.3 Å². The molecule has 0 saturated carbocycles. The standard InChI is InChI=1S/C16H16N2O4S/c1-12(19)11-16(20)17-13-7-9-14(10-8-13)18-23(21,22)15-5-3-2-4-6-15/h2-10,18H,11H2,1H3,(H,17,20). The van der Waals surface area contributed by atoms with Crippen LogP contribution in [0.4, 0.5) is 11.4 Å². The molecule has 23 heavy (non-hydrogen) atoms. The van der Waals surface area contributed by atoms with Crippen molar-refractivity contribution in [3.63, 3.8) is 0 Å². The highest BCUT2D eigenvalue weighted by Gasteiger charge is 2.13. The molecule has 2 aromatic carbocycles. The minimum Gasteiger partial charge on any atom is -0.326 e. The van der Waals surface area contributed by atoms with Crippen molar-refractivity contribution in [3.8, 4) is 0 Å². The number of nitrogens with one attached hydrogen (secondary N) is 2. The Kier molecular flexibility index (Phi) is 5.13. The summed E-state index contributed by atoms with van der Waals surface area (Å²) in [5.41, 5.74) is 0.859. The molecule has 1 amide bonds. The Hall–Kier alpha value is -2.67. The molecule has 0 unspecified atom stereocenters. The van der Waals surface area contributed by atoms with Crippen molar-refractivity contribution in [2.75, 3.05) is 10.0 Å². The van der Waals surface area contributed by atoms with Gasteiger partial charge in [0.15, 0.2) is 0 Å². The van der Waals surface area contributed by atoms with Crippen LogP contribution in [-0.4, -0.2) is 20.1 Å². The summed E-state index contributed by atoms with van der Waals surface area (Å²) >= 11 is 0. The second-order valence-electron chi connectivity index (χ2n) is 4.92. The van der Waals surface area contributed by atoms with E-state index in [1.165, 1.54) is 31.2 Å². The largest absolute Gasteiger partial charge is 0.326 e. The Morgan fingerprint density at radius 3 is 2.04 bits per heavy atom. The predicted molar refractivity (Wildman–Crippen MR) is 87.6 cm³/mol. The number of benzene rings is 2. The summed E-state index contributed by atoms with van der Waals surface area (Å²) in [5.74, 6) is -0.634. The summed E-state index contributed by atoms with van der Waals surface area (Å²) in [5, 5.41) is 2.56. The van der Waals surface area contributed by atoms with E-state index in [1.54, 1.807) is 30.3 Å². The molecule has 0 saturated heterocycles. The number of ketones is 1. The minimum absolute atomic E-state index is 0.166. The first-order chi connectivity index (χ1) is 10.9. The molecule has 7 heteroatoms. The van der Waals surface area contributed by atoms with Crippen molar-refractivity contribution in [1.29, 1.82) is 0 Å². The van der Waals surface area contributed by atoms with E-state index in [0.29, 0.717) is 11.4 Å². The maximum absolute atomic E-state index is 12.2. The Bertz CT molecular complexity index is 800. The molecular weight excluding hydrogens is 316 g/mol. The number of rotatable bonds is 6. The number of Topliss-reactive ketones (excluding diaryl/α,β-unsaturated/α-hetero) is 1. The maximum atomic E-state index is 12.2. The molecular formula is C16H16N2O4S. The van der Waals surface area contributed by atoms with Crippen LogP contribution in [0.3, 0.4) is 0 Å². The average Bonchev–Trinajstić information content (AvgIpc) is 2.49. The minimum atomic E-state index is -3.65.